The third kappa shape index (κ3) is 2.21. The first-order valence-corrected chi connectivity index (χ1v) is 4.79. The first kappa shape index (κ1) is 10.5. The number of carbonyl (C=O) groups excluding carboxylic acids is 2. The first-order valence-electron chi connectivity index (χ1n) is 4.41. The Hall–Kier alpha value is -0.570. The molecule has 1 saturated heterocycles. The smallest absolute Gasteiger partial charge is 0.227 e. The van der Waals surface area contributed by atoms with Gasteiger partial charge in [-0.25, -0.2) is 0 Å². The average molecular weight is 204 g/mol. The molecule has 1 aliphatic rings. The van der Waals surface area contributed by atoms with E-state index in [1.807, 2.05) is 6.92 Å². The summed E-state index contributed by atoms with van der Waals surface area (Å²) in [5, 5.41) is -0.282. The Labute approximate surface area is 83.0 Å². The molecule has 4 heteroatoms. The number of hydrogen-bond acceptors (Lipinski definition) is 2. The van der Waals surface area contributed by atoms with E-state index in [1.54, 1.807) is 11.8 Å². The van der Waals surface area contributed by atoms with Crippen LogP contribution in [0.5, 0.6) is 0 Å². The number of hydrogen-bond donors (Lipinski definition) is 0. The molecule has 3 nitrogen and oxygen atoms in total. The van der Waals surface area contributed by atoms with E-state index >= 15 is 0 Å². The molecule has 0 N–H and O–H groups in total. The zero-order chi connectivity index (χ0) is 10.1. The Bertz CT molecular complexity index is 232. The van der Waals surface area contributed by atoms with Crippen molar-refractivity contribution in [2.24, 2.45) is 5.41 Å². The normalized spacial score (nSPS) is 21.3. The second kappa shape index (κ2) is 3.66. The van der Waals surface area contributed by atoms with E-state index in [0.717, 1.165) is 0 Å². The topological polar surface area (TPSA) is 37.4 Å². The lowest BCUT2D eigenvalue weighted by Gasteiger charge is -2.36. The van der Waals surface area contributed by atoms with Crippen molar-refractivity contribution in [2.75, 3.05) is 13.1 Å². The highest BCUT2D eigenvalue weighted by atomic mass is 35.5. The minimum atomic E-state index is -0.423. The van der Waals surface area contributed by atoms with Gasteiger partial charge in [-0.3, -0.25) is 9.59 Å². The summed E-state index contributed by atoms with van der Waals surface area (Å²) in [7, 11) is 0. The summed E-state index contributed by atoms with van der Waals surface area (Å²) >= 11 is 5.48. The molecule has 13 heavy (non-hydrogen) atoms. The molecule has 0 aromatic heterocycles. The lowest BCUT2D eigenvalue weighted by atomic mass is 9.82. The molecular formula is C9H14ClNO2. The van der Waals surface area contributed by atoms with Crippen LogP contribution in [0.2, 0.25) is 0 Å². The summed E-state index contributed by atoms with van der Waals surface area (Å²) in [5.41, 5.74) is -0.423. The van der Waals surface area contributed by atoms with Crippen LogP contribution in [0.1, 0.15) is 26.7 Å². The van der Waals surface area contributed by atoms with Crippen molar-refractivity contribution >= 4 is 22.8 Å². The van der Waals surface area contributed by atoms with Gasteiger partial charge in [0.05, 0.1) is 0 Å². The largest absolute Gasteiger partial charge is 0.343 e. The molecular weight excluding hydrogens is 190 g/mol. The van der Waals surface area contributed by atoms with Crippen LogP contribution in [-0.4, -0.2) is 29.1 Å². The minimum Gasteiger partial charge on any atom is -0.343 e. The molecule has 0 aromatic rings. The average Bonchev–Trinajstić information content (AvgIpc) is 2.04. The van der Waals surface area contributed by atoms with Gasteiger partial charge in [0.25, 0.3) is 0 Å². The van der Waals surface area contributed by atoms with E-state index in [9.17, 15) is 9.59 Å². The summed E-state index contributed by atoms with van der Waals surface area (Å²) in [5.74, 6) is 0.0732. The van der Waals surface area contributed by atoms with Crippen molar-refractivity contribution in [3.05, 3.63) is 0 Å². The van der Waals surface area contributed by atoms with Crippen LogP contribution >= 0.6 is 11.6 Å². The predicted octanol–water partition coefficient (Wildman–Crippen LogP) is 1.40. The molecule has 0 spiro atoms. The van der Waals surface area contributed by atoms with Gasteiger partial charge in [-0.05, 0) is 24.4 Å². The molecule has 1 aliphatic heterocycles. The standard InChI is InChI=1S/C9H14ClNO2/c1-7(12)11-5-3-9(2,4-6-11)8(10)13/h3-6H2,1-2H3. The van der Waals surface area contributed by atoms with Gasteiger partial charge in [0.2, 0.25) is 11.1 Å². The fraction of sp³-hybridized carbons (Fsp3) is 0.778. The van der Waals surface area contributed by atoms with Crippen LogP contribution < -0.4 is 0 Å². The maximum atomic E-state index is 11.1. The molecule has 1 amide bonds. The molecule has 0 aliphatic carbocycles. The van der Waals surface area contributed by atoms with Crippen molar-refractivity contribution in [3.63, 3.8) is 0 Å². The molecule has 74 valence electrons. The number of nitrogens with zero attached hydrogens (tertiary/aromatic N) is 1. The van der Waals surface area contributed by atoms with Gasteiger partial charge in [0.1, 0.15) is 0 Å². The van der Waals surface area contributed by atoms with E-state index in [1.165, 1.54) is 0 Å². The Balaban J connectivity index is 2.56. The Kier molecular flexibility index (Phi) is 2.96. The lowest BCUT2D eigenvalue weighted by molar-refractivity contribution is -0.134. The summed E-state index contributed by atoms with van der Waals surface area (Å²) in [6.07, 6.45) is 1.35. The highest BCUT2D eigenvalue weighted by molar-refractivity contribution is 6.64. The molecule has 1 heterocycles. The summed E-state index contributed by atoms with van der Waals surface area (Å²) in [6.45, 7) is 4.69. The molecule has 1 fully saturated rings. The van der Waals surface area contributed by atoms with Gasteiger partial charge in [0.15, 0.2) is 0 Å². The summed E-state index contributed by atoms with van der Waals surface area (Å²) in [4.78, 5) is 23.8. The maximum Gasteiger partial charge on any atom is 0.227 e. The number of carbonyl (C=O) groups is 2. The van der Waals surface area contributed by atoms with Crippen molar-refractivity contribution in [1.82, 2.24) is 4.90 Å². The Morgan fingerprint density at radius 2 is 1.77 bits per heavy atom. The van der Waals surface area contributed by atoms with Gasteiger partial charge in [-0.15, -0.1) is 0 Å². The highest BCUT2D eigenvalue weighted by Crippen LogP contribution is 2.32. The molecule has 1 rings (SSSR count). The second-order valence-corrected chi connectivity index (χ2v) is 4.18. The van der Waals surface area contributed by atoms with Crippen LogP contribution in [0.3, 0.4) is 0 Å². The van der Waals surface area contributed by atoms with E-state index in [0.29, 0.717) is 25.9 Å². The van der Waals surface area contributed by atoms with Crippen LogP contribution in [0.25, 0.3) is 0 Å². The molecule has 0 radical (unpaired) electrons. The zero-order valence-electron chi connectivity index (χ0n) is 7.97. The minimum absolute atomic E-state index is 0.0732. The van der Waals surface area contributed by atoms with E-state index in [2.05, 4.69) is 0 Å². The fourth-order valence-electron chi connectivity index (χ4n) is 1.51. The van der Waals surface area contributed by atoms with Crippen LogP contribution in [-0.2, 0) is 9.59 Å². The predicted molar refractivity (Wildman–Crippen MR) is 50.5 cm³/mol. The maximum absolute atomic E-state index is 11.1. The first-order chi connectivity index (χ1) is 5.96. The summed E-state index contributed by atoms with van der Waals surface area (Å²) in [6, 6.07) is 0. The highest BCUT2D eigenvalue weighted by Gasteiger charge is 2.36. The van der Waals surface area contributed by atoms with E-state index in [4.69, 9.17) is 11.6 Å². The molecule has 0 bridgehead atoms. The van der Waals surface area contributed by atoms with Crippen LogP contribution in [0.4, 0.5) is 0 Å². The van der Waals surface area contributed by atoms with Crippen molar-refractivity contribution < 1.29 is 9.59 Å². The summed E-state index contributed by atoms with van der Waals surface area (Å²) < 4.78 is 0. The SMILES string of the molecule is CC(=O)N1CCC(C)(C(=O)Cl)CC1. The van der Waals surface area contributed by atoms with Crippen molar-refractivity contribution in [2.45, 2.75) is 26.7 Å². The van der Waals surface area contributed by atoms with Gasteiger partial charge in [0, 0.05) is 25.4 Å². The number of rotatable bonds is 1. The number of halogens is 1. The van der Waals surface area contributed by atoms with Gasteiger partial charge in [-0.1, -0.05) is 6.92 Å². The molecule has 0 unspecified atom stereocenters. The second-order valence-electron chi connectivity index (χ2n) is 3.84. The molecule has 0 aromatic carbocycles. The van der Waals surface area contributed by atoms with Crippen LogP contribution in [0.15, 0.2) is 0 Å². The van der Waals surface area contributed by atoms with Gasteiger partial charge < -0.3 is 4.90 Å². The Morgan fingerprint density at radius 1 is 1.31 bits per heavy atom. The number of likely N-dealkylation sites (tertiary alicyclic amines) is 1. The van der Waals surface area contributed by atoms with Gasteiger partial charge >= 0.3 is 0 Å². The monoisotopic (exact) mass is 203 g/mol. The number of amides is 1. The van der Waals surface area contributed by atoms with Crippen molar-refractivity contribution in [1.29, 1.82) is 0 Å². The third-order valence-corrected chi connectivity index (χ3v) is 3.24. The molecule has 0 atom stereocenters. The number of piperidine rings is 1. The lowest BCUT2D eigenvalue weighted by Crippen LogP contribution is -2.43. The van der Waals surface area contributed by atoms with E-state index < -0.39 is 5.41 Å². The quantitative estimate of drug-likeness (QED) is 0.605. The third-order valence-electron chi connectivity index (χ3n) is 2.79. The Morgan fingerprint density at radius 3 is 2.08 bits per heavy atom. The van der Waals surface area contributed by atoms with Crippen LogP contribution in [0, 0.1) is 5.41 Å². The van der Waals surface area contributed by atoms with Gasteiger partial charge in [-0.2, -0.15) is 0 Å². The molecule has 0 saturated carbocycles. The van der Waals surface area contributed by atoms with E-state index in [-0.39, 0.29) is 11.1 Å². The fourth-order valence-corrected chi connectivity index (χ4v) is 1.70. The zero-order valence-corrected chi connectivity index (χ0v) is 8.73. The van der Waals surface area contributed by atoms with Crippen molar-refractivity contribution in [3.8, 4) is 0 Å².